The van der Waals surface area contributed by atoms with E-state index in [0.717, 1.165) is 37.8 Å². The molecule has 0 saturated heterocycles. The van der Waals surface area contributed by atoms with Gasteiger partial charge in [0.1, 0.15) is 5.78 Å². The van der Waals surface area contributed by atoms with E-state index >= 15 is 0 Å². The van der Waals surface area contributed by atoms with Gasteiger partial charge in [-0.25, -0.2) is 0 Å². The van der Waals surface area contributed by atoms with Crippen molar-refractivity contribution in [2.45, 2.75) is 57.8 Å². The van der Waals surface area contributed by atoms with Crippen LogP contribution in [0.5, 0.6) is 0 Å². The normalized spacial score (nSPS) is 21.6. The van der Waals surface area contributed by atoms with E-state index in [-0.39, 0.29) is 17.3 Å². The number of carbonyl (C=O) groups excluding carboxylic acids is 2. The number of nitrogens with zero attached hydrogens (tertiary/aromatic N) is 2. The van der Waals surface area contributed by atoms with Gasteiger partial charge in [0.05, 0.1) is 10.8 Å². The molecule has 29 heavy (non-hydrogen) atoms. The standard InChI is InChI=1S/C22H25ClN2O4/c1-14-20(18(26)10-3-2-4-12-23)21(15-7-5-8-16(13-15)25(28)29)22-17(24-14)9-6-11-19(22)27/h5,7-8,13,21-22H,2-4,6,9-12H2,1H3. The van der Waals surface area contributed by atoms with Gasteiger partial charge in [0.2, 0.25) is 0 Å². The number of allylic oxidation sites excluding steroid dienone is 2. The quantitative estimate of drug-likeness (QED) is 0.254. The molecule has 2 aliphatic rings. The summed E-state index contributed by atoms with van der Waals surface area (Å²) in [5, 5.41) is 11.3. The molecule has 0 aromatic heterocycles. The number of non-ortho nitro benzene ring substituents is 1. The molecule has 154 valence electrons. The SMILES string of the molecule is CC1=C(C(=O)CCCCCCl)C(c2cccc([N+](=O)[O-])c2)C2C(=O)CCCC2=N1. The molecule has 1 fully saturated rings. The van der Waals surface area contributed by atoms with Gasteiger partial charge in [-0.05, 0) is 38.2 Å². The van der Waals surface area contributed by atoms with E-state index in [0.29, 0.717) is 35.6 Å². The summed E-state index contributed by atoms with van der Waals surface area (Å²) in [6.45, 7) is 1.80. The minimum absolute atomic E-state index is 0.0326. The average molecular weight is 417 g/mol. The lowest BCUT2D eigenvalue weighted by Gasteiger charge is -2.36. The van der Waals surface area contributed by atoms with Crippen molar-refractivity contribution in [1.82, 2.24) is 0 Å². The lowest BCUT2D eigenvalue weighted by atomic mass is 9.68. The Bertz CT molecular complexity index is 891. The Hall–Kier alpha value is -2.34. The molecular formula is C22H25ClN2O4. The summed E-state index contributed by atoms with van der Waals surface area (Å²) in [6, 6.07) is 6.30. The Morgan fingerprint density at radius 2 is 2.03 bits per heavy atom. The Labute approximate surface area is 175 Å². The Kier molecular flexibility index (Phi) is 6.96. The minimum atomic E-state index is -0.504. The van der Waals surface area contributed by atoms with Crippen molar-refractivity contribution in [3.05, 3.63) is 51.2 Å². The number of alkyl halides is 1. The van der Waals surface area contributed by atoms with Crippen LogP contribution in [-0.4, -0.2) is 28.1 Å². The largest absolute Gasteiger partial charge is 0.299 e. The van der Waals surface area contributed by atoms with Crippen molar-refractivity contribution >= 4 is 34.6 Å². The van der Waals surface area contributed by atoms with E-state index in [1.807, 2.05) is 0 Å². The van der Waals surface area contributed by atoms with Gasteiger partial charge >= 0.3 is 0 Å². The molecule has 0 spiro atoms. The molecule has 2 unspecified atom stereocenters. The summed E-state index contributed by atoms with van der Waals surface area (Å²) < 4.78 is 0. The summed E-state index contributed by atoms with van der Waals surface area (Å²) in [6.07, 6.45) is 4.72. The van der Waals surface area contributed by atoms with Crippen LogP contribution in [-0.2, 0) is 9.59 Å². The number of unbranched alkanes of at least 4 members (excludes halogenated alkanes) is 2. The predicted octanol–water partition coefficient (Wildman–Crippen LogP) is 5.14. The third-order valence-electron chi connectivity index (χ3n) is 5.69. The first kappa shape index (κ1) is 21.4. The Balaban J connectivity index is 2.03. The summed E-state index contributed by atoms with van der Waals surface area (Å²) in [5.74, 6) is -0.413. The van der Waals surface area contributed by atoms with Crippen LogP contribution in [0.4, 0.5) is 5.69 Å². The highest BCUT2D eigenvalue weighted by Gasteiger charge is 2.43. The highest BCUT2D eigenvalue weighted by molar-refractivity contribution is 6.17. The molecule has 0 bridgehead atoms. The fourth-order valence-electron chi connectivity index (χ4n) is 4.37. The number of benzene rings is 1. The van der Waals surface area contributed by atoms with Gasteiger partial charge < -0.3 is 0 Å². The fourth-order valence-corrected chi connectivity index (χ4v) is 4.56. The third-order valence-corrected chi connectivity index (χ3v) is 5.95. The van der Waals surface area contributed by atoms with Crippen LogP contribution in [0.25, 0.3) is 0 Å². The number of ketones is 2. The molecule has 1 aliphatic carbocycles. The van der Waals surface area contributed by atoms with Gasteiger partial charge in [-0.15, -0.1) is 11.6 Å². The number of nitro groups is 1. The highest BCUT2D eigenvalue weighted by atomic mass is 35.5. The van der Waals surface area contributed by atoms with Crippen LogP contribution in [0.2, 0.25) is 0 Å². The third kappa shape index (κ3) is 4.64. The maximum Gasteiger partial charge on any atom is 0.269 e. The number of carbonyl (C=O) groups is 2. The minimum Gasteiger partial charge on any atom is -0.299 e. The molecule has 2 atom stereocenters. The molecular weight excluding hydrogens is 392 g/mol. The van der Waals surface area contributed by atoms with Crippen LogP contribution in [0.3, 0.4) is 0 Å². The zero-order valence-corrected chi connectivity index (χ0v) is 17.3. The summed E-state index contributed by atoms with van der Waals surface area (Å²) in [5.41, 5.74) is 2.55. The van der Waals surface area contributed by atoms with E-state index in [1.54, 1.807) is 19.1 Å². The second-order valence-electron chi connectivity index (χ2n) is 7.65. The summed E-state index contributed by atoms with van der Waals surface area (Å²) in [7, 11) is 0. The zero-order chi connectivity index (χ0) is 21.0. The lowest BCUT2D eigenvalue weighted by molar-refractivity contribution is -0.384. The second-order valence-corrected chi connectivity index (χ2v) is 8.03. The Morgan fingerprint density at radius 1 is 1.24 bits per heavy atom. The van der Waals surface area contributed by atoms with Gasteiger partial charge in [0, 0.05) is 53.8 Å². The first-order valence-electron chi connectivity index (χ1n) is 10.1. The van der Waals surface area contributed by atoms with E-state index in [2.05, 4.69) is 4.99 Å². The van der Waals surface area contributed by atoms with Crippen molar-refractivity contribution in [3.63, 3.8) is 0 Å². The van der Waals surface area contributed by atoms with Crippen molar-refractivity contribution in [1.29, 1.82) is 0 Å². The van der Waals surface area contributed by atoms with E-state index in [4.69, 9.17) is 11.6 Å². The van der Waals surface area contributed by atoms with Crippen molar-refractivity contribution < 1.29 is 14.5 Å². The molecule has 0 radical (unpaired) electrons. The summed E-state index contributed by atoms with van der Waals surface area (Å²) in [4.78, 5) is 41.5. The fraction of sp³-hybridized carbons (Fsp3) is 0.500. The van der Waals surface area contributed by atoms with Crippen LogP contribution in [0.15, 0.2) is 40.5 Å². The maximum atomic E-state index is 13.2. The number of halogens is 1. The molecule has 0 amide bonds. The molecule has 6 nitrogen and oxygen atoms in total. The topological polar surface area (TPSA) is 89.6 Å². The average Bonchev–Trinajstić information content (AvgIpc) is 2.70. The molecule has 1 aromatic rings. The van der Waals surface area contributed by atoms with Crippen LogP contribution in [0, 0.1) is 16.0 Å². The number of hydrogen-bond acceptors (Lipinski definition) is 5. The zero-order valence-electron chi connectivity index (χ0n) is 16.5. The molecule has 3 rings (SSSR count). The van der Waals surface area contributed by atoms with E-state index in [9.17, 15) is 19.7 Å². The predicted molar refractivity (Wildman–Crippen MR) is 113 cm³/mol. The van der Waals surface area contributed by atoms with E-state index < -0.39 is 16.8 Å². The number of nitro benzene ring substituents is 1. The molecule has 1 saturated carbocycles. The first-order valence-corrected chi connectivity index (χ1v) is 10.6. The summed E-state index contributed by atoms with van der Waals surface area (Å²) >= 11 is 5.72. The van der Waals surface area contributed by atoms with Gasteiger partial charge in [0.15, 0.2) is 5.78 Å². The number of Topliss-reactive ketones (excluding diaryl/α,β-unsaturated/α-hetero) is 2. The monoisotopic (exact) mass is 416 g/mol. The molecule has 1 heterocycles. The van der Waals surface area contributed by atoms with Gasteiger partial charge in [-0.2, -0.15) is 0 Å². The van der Waals surface area contributed by atoms with Crippen molar-refractivity contribution in [3.8, 4) is 0 Å². The number of rotatable bonds is 8. The lowest BCUT2D eigenvalue weighted by Crippen LogP contribution is -2.38. The van der Waals surface area contributed by atoms with Crippen LogP contribution >= 0.6 is 11.6 Å². The van der Waals surface area contributed by atoms with Crippen molar-refractivity contribution in [2.24, 2.45) is 10.9 Å². The van der Waals surface area contributed by atoms with Crippen LogP contribution < -0.4 is 0 Å². The molecule has 0 N–H and O–H groups in total. The van der Waals surface area contributed by atoms with Gasteiger partial charge in [-0.3, -0.25) is 24.7 Å². The molecule has 1 aliphatic heterocycles. The van der Waals surface area contributed by atoms with Gasteiger partial charge in [0.25, 0.3) is 5.69 Å². The number of hydrogen-bond donors (Lipinski definition) is 0. The smallest absolute Gasteiger partial charge is 0.269 e. The Morgan fingerprint density at radius 3 is 2.76 bits per heavy atom. The van der Waals surface area contributed by atoms with E-state index in [1.165, 1.54) is 12.1 Å². The number of aliphatic imine (C=N–C) groups is 1. The molecule has 1 aromatic carbocycles. The maximum absolute atomic E-state index is 13.2. The van der Waals surface area contributed by atoms with Crippen molar-refractivity contribution in [2.75, 3.05) is 5.88 Å². The number of fused-ring (bicyclic) bond motifs is 1. The second kappa shape index (κ2) is 9.44. The highest BCUT2D eigenvalue weighted by Crippen LogP contribution is 2.44. The van der Waals surface area contributed by atoms with Gasteiger partial charge in [-0.1, -0.05) is 18.6 Å². The molecule has 7 heteroatoms. The van der Waals surface area contributed by atoms with Crippen LogP contribution in [0.1, 0.15) is 63.4 Å². The first-order chi connectivity index (χ1) is 13.9.